The van der Waals surface area contributed by atoms with Crippen molar-refractivity contribution in [1.29, 1.82) is 0 Å². The summed E-state index contributed by atoms with van der Waals surface area (Å²) in [4.78, 5) is 4.35. The lowest BCUT2D eigenvalue weighted by Crippen LogP contribution is -2.05. The Morgan fingerprint density at radius 1 is 1.31 bits per heavy atom. The summed E-state index contributed by atoms with van der Waals surface area (Å²) < 4.78 is 5.60. The minimum absolute atomic E-state index is 0.577. The highest BCUT2D eigenvalue weighted by Crippen LogP contribution is 2.19. The molecule has 0 spiro atoms. The van der Waals surface area contributed by atoms with Crippen LogP contribution in [0, 0.1) is 0 Å². The van der Waals surface area contributed by atoms with E-state index in [0.717, 1.165) is 23.0 Å². The molecule has 1 aromatic carbocycles. The molecule has 0 aliphatic carbocycles. The first-order valence-corrected chi connectivity index (χ1v) is 6.02. The Morgan fingerprint density at radius 2 is 2.12 bits per heavy atom. The number of hydrogen-bond donors (Lipinski definition) is 1. The zero-order chi connectivity index (χ0) is 11.2. The van der Waals surface area contributed by atoms with Gasteiger partial charge in [-0.3, -0.25) is 0 Å². The van der Waals surface area contributed by atoms with Crippen molar-refractivity contribution in [3.63, 3.8) is 0 Å². The zero-order valence-corrected chi connectivity index (χ0v) is 9.96. The largest absolute Gasteiger partial charge is 0.465 e. The molecule has 2 rings (SSSR count). The maximum atomic E-state index is 5.60. The average Bonchev–Trinajstić information content (AvgIpc) is 2.76. The van der Waals surface area contributed by atoms with Crippen molar-refractivity contribution in [2.45, 2.75) is 13.2 Å². The minimum Gasteiger partial charge on any atom is -0.465 e. The second-order valence-electron chi connectivity index (χ2n) is 3.41. The molecule has 1 heterocycles. The quantitative estimate of drug-likeness (QED) is 0.862. The van der Waals surface area contributed by atoms with E-state index in [9.17, 15) is 0 Å². The summed E-state index contributed by atoms with van der Waals surface area (Å²) in [6.07, 6.45) is 0. The molecule has 0 amide bonds. The van der Waals surface area contributed by atoms with Gasteiger partial charge in [0.2, 0.25) is 0 Å². The molecule has 0 saturated heterocycles. The summed E-state index contributed by atoms with van der Waals surface area (Å²) in [5.41, 5.74) is 2.18. The van der Waals surface area contributed by atoms with E-state index in [4.69, 9.17) is 4.74 Å². The fraction of sp³-hybridized carbons (Fsp3) is 0.250. The minimum atomic E-state index is 0.577. The highest BCUT2D eigenvalue weighted by Gasteiger charge is 2.02. The Bertz CT molecular complexity index is 428. The van der Waals surface area contributed by atoms with Crippen molar-refractivity contribution in [1.82, 2.24) is 10.3 Å². The van der Waals surface area contributed by atoms with Gasteiger partial charge in [0.15, 0.2) is 0 Å². The van der Waals surface area contributed by atoms with Gasteiger partial charge >= 0.3 is 0 Å². The second-order valence-corrected chi connectivity index (χ2v) is 4.23. The SMILES string of the molecule is CNCc1csc(OCc2ccccc2)n1. The van der Waals surface area contributed by atoms with Crippen LogP contribution < -0.4 is 10.1 Å². The van der Waals surface area contributed by atoms with Crippen molar-refractivity contribution in [2.75, 3.05) is 7.05 Å². The molecule has 3 nitrogen and oxygen atoms in total. The first-order chi connectivity index (χ1) is 7.88. The molecule has 0 radical (unpaired) electrons. The van der Waals surface area contributed by atoms with Crippen molar-refractivity contribution in [3.05, 3.63) is 47.0 Å². The van der Waals surface area contributed by atoms with E-state index < -0.39 is 0 Å². The molecule has 4 heteroatoms. The van der Waals surface area contributed by atoms with Crippen LogP contribution in [0.1, 0.15) is 11.3 Å². The van der Waals surface area contributed by atoms with Crippen LogP contribution in [0.25, 0.3) is 0 Å². The van der Waals surface area contributed by atoms with Crippen LogP contribution in [-0.2, 0) is 13.2 Å². The number of thiazole rings is 1. The lowest BCUT2D eigenvalue weighted by Gasteiger charge is -2.01. The number of ether oxygens (including phenoxy) is 1. The van der Waals surface area contributed by atoms with Gasteiger partial charge < -0.3 is 10.1 Å². The molecule has 0 fully saturated rings. The molecule has 0 aliphatic rings. The summed E-state index contributed by atoms with van der Waals surface area (Å²) in [6.45, 7) is 1.36. The molecule has 84 valence electrons. The van der Waals surface area contributed by atoms with Gasteiger partial charge in [-0.15, -0.1) is 0 Å². The Morgan fingerprint density at radius 3 is 2.88 bits per heavy atom. The standard InChI is InChI=1S/C12H14N2OS/c1-13-7-11-9-16-12(14-11)15-8-10-5-3-2-4-6-10/h2-6,9,13H,7-8H2,1H3. The van der Waals surface area contributed by atoms with Crippen LogP contribution in [0.5, 0.6) is 5.19 Å². The molecule has 0 unspecified atom stereocenters. The smallest absolute Gasteiger partial charge is 0.273 e. The summed E-state index contributed by atoms with van der Waals surface area (Å²) in [5, 5.41) is 5.80. The van der Waals surface area contributed by atoms with Crippen molar-refractivity contribution in [3.8, 4) is 5.19 Å². The molecule has 0 bridgehead atoms. The first kappa shape index (κ1) is 11.1. The lowest BCUT2D eigenvalue weighted by molar-refractivity contribution is 0.304. The second kappa shape index (κ2) is 5.63. The van der Waals surface area contributed by atoms with E-state index in [1.165, 1.54) is 11.3 Å². The van der Waals surface area contributed by atoms with Crippen LogP contribution in [0.4, 0.5) is 0 Å². The summed E-state index contributed by atoms with van der Waals surface area (Å²) in [6, 6.07) is 10.1. The Balaban J connectivity index is 1.89. The number of hydrogen-bond acceptors (Lipinski definition) is 4. The van der Waals surface area contributed by atoms with E-state index in [1.54, 1.807) is 0 Å². The number of aromatic nitrogens is 1. The highest BCUT2D eigenvalue weighted by atomic mass is 32.1. The normalized spacial score (nSPS) is 10.3. The van der Waals surface area contributed by atoms with E-state index in [1.807, 2.05) is 42.8 Å². The Hall–Kier alpha value is -1.39. The maximum Gasteiger partial charge on any atom is 0.273 e. The van der Waals surface area contributed by atoms with Crippen molar-refractivity contribution in [2.24, 2.45) is 0 Å². The van der Waals surface area contributed by atoms with Crippen LogP contribution in [0.15, 0.2) is 35.7 Å². The van der Waals surface area contributed by atoms with Gasteiger partial charge in [-0.2, -0.15) is 0 Å². The molecule has 0 saturated carbocycles. The monoisotopic (exact) mass is 234 g/mol. The van der Waals surface area contributed by atoms with E-state index in [0.29, 0.717) is 6.61 Å². The molecular formula is C12H14N2OS. The van der Waals surface area contributed by atoms with E-state index >= 15 is 0 Å². The third kappa shape index (κ3) is 3.05. The fourth-order valence-corrected chi connectivity index (χ4v) is 2.01. The van der Waals surface area contributed by atoms with Gasteiger partial charge in [0.25, 0.3) is 5.19 Å². The van der Waals surface area contributed by atoms with Crippen LogP contribution in [0.3, 0.4) is 0 Å². The predicted octanol–water partition coefficient (Wildman–Crippen LogP) is 2.44. The Labute approximate surface area is 99.1 Å². The van der Waals surface area contributed by atoms with Gasteiger partial charge in [0, 0.05) is 11.9 Å². The molecule has 0 aliphatic heterocycles. The number of nitrogens with one attached hydrogen (secondary N) is 1. The van der Waals surface area contributed by atoms with Gasteiger partial charge in [-0.25, -0.2) is 4.98 Å². The highest BCUT2D eigenvalue weighted by molar-refractivity contribution is 7.11. The summed E-state index contributed by atoms with van der Waals surface area (Å²) in [7, 11) is 1.91. The van der Waals surface area contributed by atoms with E-state index in [-0.39, 0.29) is 0 Å². The predicted molar refractivity (Wildman–Crippen MR) is 65.7 cm³/mol. The van der Waals surface area contributed by atoms with Crippen LogP contribution in [0.2, 0.25) is 0 Å². The molecule has 1 aromatic heterocycles. The van der Waals surface area contributed by atoms with Gasteiger partial charge in [0.05, 0.1) is 5.69 Å². The molecule has 2 aromatic rings. The lowest BCUT2D eigenvalue weighted by atomic mass is 10.2. The number of benzene rings is 1. The van der Waals surface area contributed by atoms with Crippen LogP contribution >= 0.6 is 11.3 Å². The third-order valence-electron chi connectivity index (χ3n) is 2.09. The van der Waals surface area contributed by atoms with Gasteiger partial charge in [0.1, 0.15) is 6.61 Å². The Kier molecular flexibility index (Phi) is 3.91. The zero-order valence-electron chi connectivity index (χ0n) is 9.14. The molecule has 16 heavy (non-hydrogen) atoms. The topological polar surface area (TPSA) is 34.1 Å². The molecular weight excluding hydrogens is 220 g/mol. The summed E-state index contributed by atoms with van der Waals surface area (Å²) >= 11 is 1.54. The summed E-state index contributed by atoms with van der Waals surface area (Å²) in [5.74, 6) is 0. The van der Waals surface area contributed by atoms with Crippen molar-refractivity contribution < 1.29 is 4.74 Å². The van der Waals surface area contributed by atoms with E-state index in [2.05, 4.69) is 10.3 Å². The fourth-order valence-electron chi connectivity index (χ4n) is 1.34. The third-order valence-corrected chi connectivity index (χ3v) is 2.89. The van der Waals surface area contributed by atoms with Crippen molar-refractivity contribution >= 4 is 11.3 Å². The number of rotatable bonds is 5. The van der Waals surface area contributed by atoms with Crippen LogP contribution in [-0.4, -0.2) is 12.0 Å². The number of nitrogens with zero attached hydrogens (tertiary/aromatic N) is 1. The first-order valence-electron chi connectivity index (χ1n) is 5.14. The van der Waals surface area contributed by atoms with Gasteiger partial charge in [-0.1, -0.05) is 41.7 Å². The molecule has 0 atom stereocenters. The average molecular weight is 234 g/mol. The maximum absolute atomic E-state index is 5.60. The van der Waals surface area contributed by atoms with Gasteiger partial charge in [-0.05, 0) is 12.6 Å². The molecule has 1 N–H and O–H groups in total.